The Bertz CT molecular complexity index is 905. The summed E-state index contributed by atoms with van der Waals surface area (Å²) in [5.74, 6) is 0.0199. The number of halogens is 1. The van der Waals surface area contributed by atoms with Crippen molar-refractivity contribution in [3.8, 4) is 0 Å². The lowest BCUT2D eigenvalue weighted by atomic mass is 9.99. The molecule has 0 aliphatic rings. The molecule has 0 aliphatic heterocycles. The van der Waals surface area contributed by atoms with E-state index in [9.17, 15) is 4.79 Å². The van der Waals surface area contributed by atoms with E-state index in [-0.39, 0.29) is 11.9 Å². The Kier molecular flexibility index (Phi) is 5.64. The summed E-state index contributed by atoms with van der Waals surface area (Å²) in [6, 6.07) is 9.52. The van der Waals surface area contributed by atoms with E-state index in [1.54, 1.807) is 12.3 Å². The van der Waals surface area contributed by atoms with Gasteiger partial charge in [-0.3, -0.25) is 4.79 Å². The quantitative estimate of drug-likeness (QED) is 0.736. The third kappa shape index (κ3) is 3.96. The number of rotatable bonds is 3. The van der Waals surface area contributed by atoms with Gasteiger partial charge in [0.05, 0.1) is 5.02 Å². The first-order chi connectivity index (χ1) is 11.5. The van der Waals surface area contributed by atoms with Crippen LogP contribution in [-0.4, -0.2) is 21.9 Å². The molecule has 0 bridgehead atoms. The first-order valence-electron chi connectivity index (χ1n) is 7.18. The number of carbonyl (C=O) groups is 1. The zero-order valence-corrected chi connectivity index (χ0v) is 14.0. The van der Waals surface area contributed by atoms with Crippen molar-refractivity contribution < 1.29 is 14.4 Å². The van der Waals surface area contributed by atoms with Crippen LogP contribution in [0.4, 0.5) is 0 Å². The van der Waals surface area contributed by atoms with Gasteiger partial charge in [-0.1, -0.05) is 23.7 Å². The maximum absolute atomic E-state index is 12.5. The average Bonchev–Trinajstić information content (AvgIpc) is 2.87. The molecule has 0 fully saturated rings. The van der Waals surface area contributed by atoms with Crippen LogP contribution >= 0.6 is 11.6 Å². The number of aromatic nitrogens is 2. The van der Waals surface area contributed by atoms with Gasteiger partial charge in [0.15, 0.2) is 5.78 Å². The molecule has 3 rings (SSSR count). The van der Waals surface area contributed by atoms with E-state index in [0.717, 1.165) is 27.9 Å². The second-order valence-corrected chi connectivity index (χ2v) is 5.76. The first-order valence-corrected chi connectivity index (χ1v) is 7.56. The molecule has 5 nitrogen and oxygen atoms in total. The van der Waals surface area contributed by atoms with Crippen LogP contribution in [-0.2, 0) is 16.0 Å². The summed E-state index contributed by atoms with van der Waals surface area (Å²) in [5.41, 5.74) is 4.30. The molecule has 2 heterocycles. The van der Waals surface area contributed by atoms with Gasteiger partial charge in [0, 0.05) is 29.3 Å². The monoisotopic (exact) mass is 342 g/mol. The summed E-state index contributed by atoms with van der Waals surface area (Å²) in [5, 5.41) is 1.53. The van der Waals surface area contributed by atoms with Gasteiger partial charge in [-0.05, 0) is 43.2 Å². The summed E-state index contributed by atoms with van der Waals surface area (Å²) in [7, 11) is 0. The fourth-order valence-corrected chi connectivity index (χ4v) is 2.88. The number of aromatic amines is 1. The summed E-state index contributed by atoms with van der Waals surface area (Å²) in [4.78, 5) is 36.3. The molecular weight excluding hydrogens is 328 g/mol. The Morgan fingerprint density at radius 2 is 1.96 bits per heavy atom. The van der Waals surface area contributed by atoms with Gasteiger partial charge >= 0.3 is 6.15 Å². The van der Waals surface area contributed by atoms with Crippen LogP contribution in [0, 0.1) is 13.8 Å². The van der Waals surface area contributed by atoms with Crippen LogP contribution in [0.5, 0.6) is 0 Å². The van der Waals surface area contributed by atoms with Crippen molar-refractivity contribution in [2.75, 3.05) is 0 Å². The van der Waals surface area contributed by atoms with Crippen LogP contribution in [0.2, 0.25) is 5.02 Å². The highest BCUT2D eigenvalue weighted by Crippen LogP contribution is 2.22. The lowest BCUT2D eigenvalue weighted by Crippen LogP contribution is -2.06. The minimum Gasteiger partial charge on any atom is -0.344 e. The van der Waals surface area contributed by atoms with E-state index >= 15 is 0 Å². The molecule has 1 aromatic carbocycles. The first kappa shape index (κ1) is 17.6. The molecule has 6 heteroatoms. The van der Waals surface area contributed by atoms with Crippen LogP contribution in [0.3, 0.4) is 0 Å². The number of ketones is 1. The Labute approximate surface area is 143 Å². The third-order valence-electron chi connectivity index (χ3n) is 3.53. The van der Waals surface area contributed by atoms with E-state index in [1.165, 1.54) is 0 Å². The number of fused-ring (bicyclic) bond motifs is 1. The molecule has 0 spiro atoms. The molecule has 3 aromatic rings. The predicted molar refractivity (Wildman–Crippen MR) is 90.1 cm³/mol. The highest BCUT2D eigenvalue weighted by atomic mass is 35.5. The molecule has 2 aromatic heterocycles. The predicted octanol–water partition coefficient (Wildman–Crippen LogP) is 3.68. The Morgan fingerprint density at radius 3 is 2.62 bits per heavy atom. The fourth-order valence-electron chi connectivity index (χ4n) is 2.55. The zero-order chi connectivity index (χ0) is 17.7. The maximum atomic E-state index is 12.5. The maximum Gasteiger partial charge on any atom is 0.373 e. The SMILES string of the molecule is Cc1cc2cc(CC(=O)c3c(C)cccc3Cl)cnc2[nH]1.O=C=O. The van der Waals surface area contributed by atoms with Crippen molar-refractivity contribution in [1.29, 1.82) is 0 Å². The molecule has 0 unspecified atom stereocenters. The van der Waals surface area contributed by atoms with Gasteiger partial charge in [0.25, 0.3) is 0 Å². The van der Waals surface area contributed by atoms with Crippen LogP contribution in [0.1, 0.15) is 27.2 Å². The molecule has 0 atom stereocenters. The molecule has 122 valence electrons. The van der Waals surface area contributed by atoms with Crippen molar-refractivity contribution in [1.82, 2.24) is 9.97 Å². The van der Waals surface area contributed by atoms with Gasteiger partial charge in [-0.25, -0.2) is 4.98 Å². The Hall–Kier alpha value is -2.75. The fraction of sp³-hybridized carbons (Fsp3) is 0.167. The average molecular weight is 343 g/mol. The van der Waals surface area contributed by atoms with Crippen molar-refractivity contribution in [3.63, 3.8) is 0 Å². The summed E-state index contributed by atoms with van der Waals surface area (Å²) in [6.07, 6.45) is 2.29. The van der Waals surface area contributed by atoms with Crippen molar-refractivity contribution in [2.45, 2.75) is 20.3 Å². The second-order valence-electron chi connectivity index (χ2n) is 5.35. The smallest absolute Gasteiger partial charge is 0.344 e. The Morgan fingerprint density at radius 1 is 1.25 bits per heavy atom. The lowest BCUT2D eigenvalue weighted by molar-refractivity contribution is -0.191. The lowest BCUT2D eigenvalue weighted by Gasteiger charge is -2.07. The normalized spacial score (nSPS) is 9.96. The number of aryl methyl sites for hydroxylation is 2. The number of benzene rings is 1. The Balaban J connectivity index is 0.000000647. The molecule has 24 heavy (non-hydrogen) atoms. The summed E-state index contributed by atoms with van der Waals surface area (Å²) in [6.45, 7) is 3.88. The van der Waals surface area contributed by atoms with E-state index in [1.807, 2.05) is 38.1 Å². The summed E-state index contributed by atoms with van der Waals surface area (Å²) >= 11 is 6.15. The van der Waals surface area contributed by atoms with Crippen LogP contribution in [0.15, 0.2) is 36.5 Å². The zero-order valence-electron chi connectivity index (χ0n) is 13.2. The van der Waals surface area contributed by atoms with Gasteiger partial charge in [-0.15, -0.1) is 0 Å². The van der Waals surface area contributed by atoms with E-state index in [2.05, 4.69) is 9.97 Å². The van der Waals surface area contributed by atoms with Gasteiger partial charge in [0.2, 0.25) is 0 Å². The van der Waals surface area contributed by atoms with Gasteiger partial charge in [-0.2, -0.15) is 9.59 Å². The standard InChI is InChI=1S/C17H15ClN2O.CO2/c1-10-4-3-5-14(18)16(10)15(21)8-12-7-13-6-11(2)20-17(13)19-9-12;2-1-3/h3-7,9H,8H2,1-2H3,(H,19,20);. The number of Topliss-reactive ketones (excluding diaryl/α,β-unsaturated/α-hetero) is 1. The number of hydrogen-bond acceptors (Lipinski definition) is 4. The van der Waals surface area contributed by atoms with Crippen molar-refractivity contribution >= 4 is 34.6 Å². The number of pyridine rings is 1. The second kappa shape index (κ2) is 7.68. The number of hydrogen-bond donors (Lipinski definition) is 1. The molecular formula is C18H15ClN2O3. The number of nitrogens with one attached hydrogen (secondary N) is 1. The highest BCUT2D eigenvalue weighted by molar-refractivity contribution is 6.34. The minimum absolute atomic E-state index is 0.0199. The van der Waals surface area contributed by atoms with E-state index < -0.39 is 0 Å². The van der Waals surface area contributed by atoms with E-state index in [0.29, 0.717) is 17.0 Å². The molecule has 1 N–H and O–H groups in total. The molecule has 0 saturated carbocycles. The third-order valence-corrected chi connectivity index (χ3v) is 3.84. The van der Waals surface area contributed by atoms with Crippen molar-refractivity contribution in [2.24, 2.45) is 0 Å². The number of carbonyl (C=O) groups excluding carboxylic acids is 3. The minimum atomic E-state index is 0.0199. The van der Waals surface area contributed by atoms with Gasteiger partial charge in [0.1, 0.15) is 5.65 Å². The molecule has 0 amide bonds. The van der Waals surface area contributed by atoms with Gasteiger partial charge < -0.3 is 4.98 Å². The topological polar surface area (TPSA) is 79.9 Å². The molecule has 0 saturated heterocycles. The van der Waals surface area contributed by atoms with Crippen LogP contribution in [0.25, 0.3) is 11.0 Å². The largest absolute Gasteiger partial charge is 0.373 e. The molecule has 0 radical (unpaired) electrons. The molecule has 0 aliphatic carbocycles. The van der Waals surface area contributed by atoms with Crippen molar-refractivity contribution in [3.05, 3.63) is 63.9 Å². The number of nitrogens with zero attached hydrogens (tertiary/aromatic N) is 1. The van der Waals surface area contributed by atoms with Crippen LogP contribution < -0.4 is 0 Å². The summed E-state index contributed by atoms with van der Waals surface area (Å²) < 4.78 is 0. The number of H-pyrrole nitrogens is 1. The van der Waals surface area contributed by atoms with E-state index in [4.69, 9.17) is 21.2 Å². The highest BCUT2D eigenvalue weighted by Gasteiger charge is 2.14.